The van der Waals surface area contributed by atoms with E-state index >= 15 is 0 Å². The fourth-order valence-corrected chi connectivity index (χ4v) is 2.09. The first kappa shape index (κ1) is 13.8. The monoisotopic (exact) mass is 284 g/mol. The zero-order valence-corrected chi connectivity index (χ0v) is 12.0. The molecule has 2 N–H and O–H groups in total. The average Bonchev–Trinajstić information content (AvgIpc) is 2.25. The summed E-state index contributed by atoms with van der Waals surface area (Å²) in [4.78, 5) is 13.7. The van der Waals surface area contributed by atoms with Crippen molar-refractivity contribution in [1.82, 2.24) is 0 Å². The Morgan fingerprint density at radius 1 is 1.47 bits per heavy atom. The second kappa shape index (κ2) is 4.81. The summed E-state index contributed by atoms with van der Waals surface area (Å²) in [5, 5.41) is 0.392. The second-order valence-electron chi connectivity index (χ2n) is 5.33. The number of carbonyl (C=O) groups is 1. The largest absolute Gasteiger partial charge is 0.488 e. The van der Waals surface area contributed by atoms with Gasteiger partial charge in [0.25, 0.3) is 0 Å². The van der Waals surface area contributed by atoms with E-state index in [1.165, 1.54) is 4.90 Å². The zero-order chi connectivity index (χ0) is 14.2. The Labute approximate surface area is 117 Å². The smallest absolute Gasteiger partial charge is 0.415 e. The second-order valence-corrected chi connectivity index (χ2v) is 5.74. The lowest BCUT2D eigenvalue weighted by Gasteiger charge is -2.32. The van der Waals surface area contributed by atoms with Gasteiger partial charge in [-0.15, -0.1) is 0 Å². The summed E-state index contributed by atoms with van der Waals surface area (Å²) in [7, 11) is 0. The summed E-state index contributed by atoms with van der Waals surface area (Å²) in [6.45, 7) is 6.23. The van der Waals surface area contributed by atoms with Crippen LogP contribution in [-0.2, 0) is 4.74 Å². The molecule has 1 aromatic rings. The molecule has 0 radical (unpaired) electrons. The number of hydrogen-bond donors (Lipinski definition) is 1. The number of anilines is 2. The van der Waals surface area contributed by atoms with Crippen LogP contribution in [0.4, 0.5) is 16.2 Å². The number of carbonyl (C=O) groups excluding carboxylic acids is 1. The highest BCUT2D eigenvalue weighted by Gasteiger charge is 2.29. The van der Waals surface area contributed by atoms with Gasteiger partial charge >= 0.3 is 6.09 Å². The van der Waals surface area contributed by atoms with Crippen LogP contribution in [-0.4, -0.2) is 24.8 Å². The van der Waals surface area contributed by atoms with Crippen LogP contribution in [0.5, 0.6) is 5.75 Å². The van der Waals surface area contributed by atoms with E-state index in [1.54, 1.807) is 12.1 Å². The Morgan fingerprint density at radius 3 is 2.79 bits per heavy atom. The Morgan fingerprint density at radius 2 is 2.16 bits per heavy atom. The molecule has 1 aliphatic heterocycles. The van der Waals surface area contributed by atoms with Crippen molar-refractivity contribution < 1.29 is 14.3 Å². The van der Waals surface area contributed by atoms with Gasteiger partial charge in [0, 0.05) is 5.69 Å². The molecule has 6 heteroatoms. The van der Waals surface area contributed by atoms with E-state index in [4.69, 9.17) is 26.8 Å². The highest BCUT2D eigenvalue weighted by Crippen LogP contribution is 2.40. The lowest BCUT2D eigenvalue weighted by Crippen LogP contribution is -2.41. The molecule has 104 valence electrons. The van der Waals surface area contributed by atoms with Crippen molar-refractivity contribution in [3.63, 3.8) is 0 Å². The van der Waals surface area contributed by atoms with Crippen LogP contribution in [0, 0.1) is 0 Å². The maximum Gasteiger partial charge on any atom is 0.415 e. The Hall–Kier alpha value is -1.62. The first-order valence-corrected chi connectivity index (χ1v) is 6.38. The third-order valence-electron chi connectivity index (χ3n) is 2.51. The fraction of sp³-hybridized carbons (Fsp3) is 0.462. The van der Waals surface area contributed by atoms with Crippen molar-refractivity contribution in [3.8, 4) is 5.75 Å². The van der Waals surface area contributed by atoms with E-state index in [-0.39, 0.29) is 0 Å². The molecule has 19 heavy (non-hydrogen) atoms. The number of nitrogen functional groups attached to an aromatic ring is 1. The topological polar surface area (TPSA) is 64.8 Å². The number of rotatable bonds is 0. The average molecular weight is 285 g/mol. The lowest BCUT2D eigenvalue weighted by atomic mass is 10.2. The standard InChI is InChI=1S/C13H17ClN2O3/c1-13(2,3)19-12(17)16-4-5-18-11-9(14)6-8(15)7-10(11)16/h6-7H,4-5,15H2,1-3H3. The van der Waals surface area contributed by atoms with Gasteiger partial charge < -0.3 is 15.2 Å². The summed E-state index contributed by atoms with van der Waals surface area (Å²) >= 11 is 6.07. The van der Waals surface area contributed by atoms with Crippen LogP contribution < -0.4 is 15.4 Å². The number of halogens is 1. The van der Waals surface area contributed by atoms with Gasteiger partial charge in [-0.3, -0.25) is 4.90 Å². The molecule has 0 spiro atoms. The quantitative estimate of drug-likeness (QED) is 0.744. The molecule has 0 unspecified atom stereocenters. The first-order valence-electron chi connectivity index (χ1n) is 6.00. The van der Waals surface area contributed by atoms with Gasteiger partial charge in [-0.1, -0.05) is 11.6 Å². The Kier molecular flexibility index (Phi) is 3.49. The van der Waals surface area contributed by atoms with Crippen LogP contribution in [0.3, 0.4) is 0 Å². The Balaban J connectivity index is 2.34. The molecule has 1 aliphatic rings. The van der Waals surface area contributed by atoms with E-state index in [2.05, 4.69) is 0 Å². The highest BCUT2D eigenvalue weighted by atomic mass is 35.5. The van der Waals surface area contributed by atoms with Crippen molar-refractivity contribution in [1.29, 1.82) is 0 Å². The number of nitrogens with zero attached hydrogens (tertiary/aromatic N) is 1. The van der Waals surface area contributed by atoms with E-state index in [1.807, 2.05) is 20.8 Å². The summed E-state index contributed by atoms with van der Waals surface area (Å²) in [5.74, 6) is 0.466. The van der Waals surface area contributed by atoms with Gasteiger partial charge in [-0.2, -0.15) is 0 Å². The number of ether oxygens (including phenoxy) is 2. The normalized spacial score (nSPS) is 14.6. The Bertz CT molecular complexity index is 511. The van der Waals surface area contributed by atoms with Crippen LogP contribution in [0.15, 0.2) is 12.1 Å². The molecule has 2 rings (SSSR count). The van der Waals surface area contributed by atoms with Gasteiger partial charge in [0.15, 0.2) is 5.75 Å². The third kappa shape index (κ3) is 3.04. The fourth-order valence-electron chi connectivity index (χ4n) is 1.81. The first-order chi connectivity index (χ1) is 8.78. The number of amides is 1. The SMILES string of the molecule is CC(C)(C)OC(=O)N1CCOc2c(Cl)cc(N)cc21. The van der Waals surface area contributed by atoms with E-state index < -0.39 is 11.7 Å². The zero-order valence-electron chi connectivity index (χ0n) is 11.2. The number of fused-ring (bicyclic) bond motifs is 1. The van der Waals surface area contributed by atoms with Gasteiger partial charge in [0.05, 0.1) is 17.3 Å². The molecule has 1 amide bonds. The summed E-state index contributed by atoms with van der Waals surface area (Å²) in [5.41, 5.74) is 6.22. The molecule has 0 atom stereocenters. The minimum absolute atomic E-state index is 0.371. The van der Waals surface area contributed by atoms with Gasteiger partial charge in [0.2, 0.25) is 0 Å². The third-order valence-corrected chi connectivity index (χ3v) is 2.79. The molecule has 0 aliphatic carbocycles. The molecule has 0 saturated carbocycles. The van der Waals surface area contributed by atoms with Crippen LogP contribution in [0.25, 0.3) is 0 Å². The van der Waals surface area contributed by atoms with Crippen LogP contribution >= 0.6 is 11.6 Å². The maximum atomic E-state index is 12.2. The van der Waals surface area contributed by atoms with Crippen molar-refractivity contribution in [2.45, 2.75) is 26.4 Å². The van der Waals surface area contributed by atoms with Gasteiger partial charge in [-0.05, 0) is 32.9 Å². The van der Waals surface area contributed by atoms with Crippen LogP contribution in [0.2, 0.25) is 5.02 Å². The highest BCUT2D eigenvalue weighted by molar-refractivity contribution is 6.33. The molecular weight excluding hydrogens is 268 g/mol. The van der Waals surface area contributed by atoms with Crippen molar-refractivity contribution in [2.75, 3.05) is 23.8 Å². The molecule has 1 aromatic carbocycles. The minimum atomic E-state index is -0.556. The lowest BCUT2D eigenvalue weighted by molar-refractivity contribution is 0.0568. The molecule has 1 heterocycles. The van der Waals surface area contributed by atoms with E-state index in [0.717, 1.165) is 0 Å². The number of benzene rings is 1. The van der Waals surface area contributed by atoms with Gasteiger partial charge in [0.1, 0.15) is 12.2 Å². The van der Waals surface area contributed by atoms with E-state index in [9.17, 15) is 4.79 Å². The molecule has 0 fully saturated rings. The molecule has 0 bridgehead atoms. The summed E-state index contributed by atoms with van der Waals surface area (Å²) < 4.78 is 10.8. The van der Waals surface area contributed by atoms with Crippen molar-refractivity contribution >= 4 is 29.1 Å². The van der Waals surface area contributed by atoms with Crippen molar-refractivity contribution in [3.05, 3.63) is 17.2 Å². The number of nitrogens with two attached hydrogens (primary N) is 1. The maximum absolute atomic E-state index is 12.2. The molecule has 5 nitrogen and oxygen atoms in total. The van der Waals surface area contributed by atoms with E-state index in [0.29, 0.717) is 35.3 Å². The summed E-state index contributed by atoms with van der Waals surface area (Å²) in [6, 6.07) is 3.25. The number of hydrogen-bond acceptors (Lipinski definition) is 4. The molecule has 0 aromatic heterocycles. The predicted octanol–water partition coefficient (Wildman–Crippen LogP) is 3.06. The van der Waals surface area contributed by atoms with Crippen LogP contribution in [0.1, 0.15) is 20.8 Å². The minimum Gasteiger partial charge on any atom is -0.488 e. The van der Waals surface area contributed by atoms with Crippen molar-refractivity contribution in [2.24, 2.45) is 0 Å². The molecular formula is C13H17ClN2O3. The summed E-state index contributed by atoms with van der Waals surface area (Å²) in [6.07, 6.45) is -0.432. The molecule has 0 saturated heterocycles. The predicted molar refractivity (Wildman–Crippen MR) is 74.9 cm³/mol. The van der Waals surface area contributed by atoms with Gasteiger partial charge in [-0.25, -0.2) is 4.79 Å².